The van der Waals surface area contributed by atoms with Crippen LogP contribution in [0, 0.1) is 5.92 Å². The Labute approximate surface area is 192 Å². The molecule has 4 aromatic carbocycles. The molecule has 32 heavy (non-hydrogen) atoms. The van der Waals surface area contributed by atoms with Gasteiger partial charge in [0.1, 0.15) is 0 Å². The second-order valence-electron chi connectivity index (χ2n) is 9.08. The molecule has 1 aliphatic rings. The summed E-state index contributed by atoms with van der Waals surface area (Å²) in [6, 6.07) is 44.4. The van der Waals surface area contributed by atoms with Crippen LogP contribution in [0.25, 0.3) is 0 Å². The molecular weight excluding hydrogens is 386 g/mol. The van der Waals surface area contributed by atoms with Gasteiger partial charge in [0.25, 0.3) is 0 Å². The molecule has 1 nitrogen and oxygen atoms in total. The molecule has 0 amide bonds. The summed E-state index contributed by atoms with van der Waals surface area (Å²) in [7, 11) is 0. The lowest BCUT2D eigenvalue weighted by Crippen LogP contribution is -2.44. The van der Waals surface area contributed by atoms with E-state index < -0.39 is 0 Å². The van der Waals surface area contributed by atoms with E-state index in [2.05, 4.69) is 126 Å². The van der Waals surface area contributed by atoms with Gasteiger partial charge in [-0.1, -0.05) is 121 Å². The van der Waals surface area contributed by atoms with Crippen molar-refractivity contribution in [2.45, 2.75) is 24.8 Å². The molecule has 160 valence electrons. The number of rotatable bonds is 6. The fourth-order valence-corrected chi connectivity index (χ4v) is 5.51. The number of hydrogen-bond donors (Lipinski definition) is 0. The smallest absolute Gasteiger partial charge is 0.0234 e. The first-order chi connectivity index (χ1) is 15.9. The third kappa shape index (κ3) is 4.84. The molecule has 1 heteroatoms. The Morgan fingerprint density at radius 3 is 1.62 bits per heavy atom. The van der Waals surface area contributed by atoms with Crippen LogP contribution in [0.1, 0.15) is 34.1 Å². The van der Waals surface area contributed by atoms with E-state index in [0.717, 1.165) is 26.1 Å². The van der Waals surface area contributed by atoms with Crippen molar-refractivity contribution in [3.05, 3.63) is 144 Å². The third-order valence-electron chi connectivity index (χ3n) is 6.89. The summed E-state index contributed by atoms with van der Waals surface area (Å²) >= 11 is 0. The van der Waals surface area contributed by atoms with E-state index in [4.69, 9.17) is 0 Å². The molecule has 1 saturated heterocycles. The second-order valence-corrected chi connectivity index (χ2v) is 9.08. The van der Waals surface area contributed by atoms with Crippen LogP contribution < -0.4 is 0 Å². The van der Waals surface area contributed by atoms with E-state index in [-0.39, 0.29) is 0 Å². The molecule has 0 saturated carbocycles. The Morgan fingerprint density at radius 2 is 1.03 bits per heavy atom. The van der Waals surface area contributed by atoms with Crippen LogP contribution in [0.3, 0.4) is 0 Å². The lowest BCUT2D eigenvalue weighted by atomic mass is 9.69. The molecule has 0 unspecified atom stereocenters. The van der Waals surface area contributed by atoms with Crippen LogP contribution >= 0.6 is 0 Å². The SMILES string of the molecule is c1ccc(C[C@H]2CN(Cc3ccccc3)C[C@@H](c3ccccc3)[C@@H]2c2ccccc2)cc1. The molecular formula is C31H31N. The average molecular weight is 418 g/mol. The van der Waals surface area contributed by atoms with E-state index >= 15 is 0 Å². The first kappa shape index (κ1) is 20.7. The number of likely N-dealkylation sites (tertiary alicyclic amines) is 1. The Kier molecular flexibility index (Phi) is 6.46. The van der Waals surface area contributed by atoms with Gasteiger partial charge in [-0.2, -0.15) is 0 Å². The molecule has 0 aromatic heterocycles. The predicted octanol–water partition coefficient (Wildman–Crippen LogP) is 6.93. The van der Waals surface area contributed by atoms with Gasteiger partial charge in [-0.25, -0.2) is 0 Å². The predicted molar refractivity (Wildman–Crippen MR) is 134 cm³/mol. The number of nitrogens with zero attached hydrogens (tertiary/aromatic N) is 1. The van der Waals surface area contributed by atoms with Gasteiger partial charge in [-0.05, 0) is 40.5 Å². The van der Waals surface area contributed by atoms with E-state index in [1.807, 2.05) is 0 Å². The topological polar surface area (TPSA) is 3.24 Å². The molecule has 0 N–H and O–H groups in total. The van der Waals surface area contributed by atoms with Crippen molar-refractivity contribution >= 4 is 0 Å². The molecule has 1 heterocycles. The zero-order chi connectivity index (χ0) is 21.6. The summed E-state index contributed by atoms with van der Waals surface area (Å²) in [6.45, 7) is 3.22. The van der Waals surface area contributed by atoms with Crippen LogP contribution in [0.15, 0.2) is 121 Å². The maximum absolute atomic E-state index is 2.68. The zero-order valence-corrected chi connectivity index (χ0v) is 18.6. The summed E-state index contributed by atoms with van der Waals surface area (Å²) in [6.07, 6.45) is 1.11. The highest BCUT2D eigenvalue weighted by atomic mass is 15.1. The van der Waals surface area contributed by atoms with Crippen molar-refractivity contribution in [2.24, 2.45) is 5.92 Å². The van der Waals surface area contributed by atoms with Crippen molar-refractivity contribution in [3.8, 4) is 0 Å². The highest BCUT2D eigenvalue weighted by molar-refractivity contribution is 5.32. The lowest BCUT2D eigenvalue weighted by Gasteiger charge is -2.45. The quantitative estimate of drug-likeness (QED) is 0.329. The molecule has 0 radical (unpaired) electrons. The van der Waals surface area contributed by atoms with Gasteiger partial charge in [0.15, 0.2) is 0 Å². The molecule has 4 aromatic rings. The molecule has 1 aliphatic heterocycles. The third-order valence-corrected chi connectivity index (χ3v) is 6.89. The standard InChI is InChI=1S/C31H31N/c1-5-13-25(14-6-1)21-29-23-32(22-26-15-7-2-8-16-26)24-30(27-17-9-3-10-18-27)31(29)28-19-11-4-12-20-28/h1-20,29-31H,21-24H2/t29-,30-,31+/m0/s1. The minimum absolute atomic E-state index is 0.477. The van der Waals surface area contributed by atoms with Crippen LogP contribution in [-0.4, -0.2) is 18.0 Å². The lowest BCUT2D eigenvalue weighted by molar-refractivity contribution is 0.125. The number of piperidine rings is 1. The monoisotopic (exact) mass is 417 g/mol. The normalized spacial score (nSPS) is 21.3. The first-order valence-corrected chi connectivity index (χ1v) is 11.8. The molecule has 3 atom stereocenters. The van der Waals surface area contributed by atoms with Gasteiger partial charge in [0.05, 0.1) is 0 Å². The van der Waals surface area contributed by atoms with Crippen molar-refractivity contribution in [1.82, 2.24) is 4.90 Å². The summed E-state index contributed by atoms with van der Waals surface area (Å²) < 4.78 is 0. The van der Waals surface area contributed by atoms with Gasteiger partial charge in [-0.3, -0.25) is 4.90 Å². The Bertz CT molecular complexity index is 1080. The maximum atomic E-state index is 2.68. The van der Waals surface area contributed by atoms with Crippen LogP contribution in [0.2, 0.25) is 0 Å². The van der Waals surface area contributed by atoms with E-state index in [9.17, 15) is 0 Å². The fraction of sp³-hybridized carbons (Fsp3) is 0.226. The summed E-state index contributed by atoms with van der Waals surface area (Å²) in [5, 5.41) is 0. The highest BCUT2D eigenvalue weighted by Gasteiger charge is 2.38. The fourth-order valence-electron chi connectivity index (χ4n) is 5.51. The van der Waals surface area contributed by atoms with Crippen molar-refractivity contribution in [1.29, 1.82) is 0 Å². The number of benzene rings is 4. The van der Waals surface area contributed by atoms with Crippen molar-refractivity contribution in [3.63, 3.8) is 0 Å². The van der Waals surface area contributed by atoms with Crippen LogP contribution in [0.5, 0.6) is 0 Å². The molecule has 5 rings (SSSR count). The minimum Gasteiger partial charge on any atom is -0.298 e. The Morgan fingerprint density at radius 1 is 0.531 bits per heavy atom. The van der Waals surface area contributed by atoms with Gasteiger partial charge < -0.3 is 0 Å². The summed E-state index contributed by atoms with van der Waals surface area (Å²) in [5.74, 6) is 1.54. The van der Waals surface area contributed by atoms with Crippen molar-refractivity contribution < 1.29 is 0 Å². The van der Waals surface area contributed by atoms with Gasteiger partial charge >= 0.3 is 0 Å². The first-order valence-electron chi connectivity index (χ1n) is 11.8. The minimum atomic E-state index is 0.477. The second kappa shape index (κ2) is 9.97. The Hall–Kier alpha value is -3.16. The van der Waals surface area contributed by atoms with Gasteiger partial charge in [0, 0.05) is 25.6 Å². The van der Waals surface area contributed by atoms with Gasteiger partial charge in [-0.15, -0.1) is 0 Å². The van der Waals surface area contributed by atoms with Crippen LogP contribution in [0.4, 0.5) is 0 Å². The van der Waals surface area contributed by atoms with Crippen LogP contribution in [-0.2, 0) is 13.0 Å². The molecule has 0 bridgehead atoms. The number of hydrogen-bond acceptors (Lipinski definition) is 1. The summed E-state index contributed by atoms with van der Waals surface area (Å²) in [5.41, 5.74) is 5.77. The van der Waals surface area contributed by atoms with Crippen molar-refractivity contribution in [2.75, 3.05) is 13.1 Å². The van der Waals surface area contributed by atoms with E-state index in [1.165, 1.54) is 22.3 Å². The average Bonchev–Trinajstić information content (AvgIpc) is 2.86. The maximum Gasteiger partial charge on any atom is 0.0234 e. The zero-order valence-electron chi connectivity index (χ0n) is 18.6. The summed E-state index contributed by atoms with van der Waals surface area (Å²) in [4.78, 5) is 2.68. The molecule has 1 fully saturated rings. The van der Waals surface area contributed by atoms with E-state index in [0.29, 0.717) is 17.8 Å². The van der Waals surface area contributed by atoms with Gasteiger partial charge in [0.2, 0.25) is 0 Å². The molecule has 0 spiro atoms. The van der Waals surface area contributed by atoms with E-state index in [1.54, 1.807) is 0 Å². The largest absolute Gasteiger partial charge is 0.298 e. The highest BCUT2D eigenvalue weighted by Crippen LogP contribution is 2.44. The molecule has 0 aliphatic carbocycles. The Balaban J connectivity index is 1.52.